The van der Waals surface area contributed by atoms with E-state index < -0.39 is 27.3 Å². The Kier molecular flexibility index (Phi) is 9.60. The van der Waals surface area contributed by atoms with E-state index in [1.807, 2.05) is 54.6 Å². The SMILES string of the molecule is CC(C)c1ccc(C[C@]2(C)Cc3cc(-c4ccc(C(=O)NS(=O)(=O)C5CCN(C(=O)OCc6ccccc6)CC5)cc4)ccc3O2)cc1. The Morgan fingerprint density at radius 2 is 1.56 bits per heavy atom. The van der Waals surface area contributed by atoms with Crippen molar-refractivity contribution in [1.29, 1.82) is 0 Å². The third-order valence-electron chi connectivity index (χ3n) is 9.27. The molecule has 6 rings (SSSR count). The summed E-state index contributed by atoms with van der Waals surface area (Å²) in [5, 5.41) is -0.780. The van der Waals surface area contributed by atoms with Crippen LogP contribution in [0.2, 0.25) is 0 Å². The Morgan fingerprint density at radius 3 is 2.23 bits per heavy atom. The summed E-state index contributed by atoms with van der Waals surface area (Å²) in [5.41, 5.74) is 6.42. The summed E-state index contributed by atoms with van der Waals surface area (Å²) in [7, 11) is -3.94. The molecule has 0 radical (unpaired) electrons. The van der Waals surface area contributed by atoms with Crippen molar-refractivity contribution < 1.29 is 27.5 Å². The standard InChI is InChI=1S/C39H42N2O6S/c1-27(2)30-11-9-28(10-12-30)24-39(3)25-34-23-33(17-18-36(34)47-39)31-13-15-32(16-14-31)37(42)40-48(44,45)35-19-21-41(22-20-35)38(43)46-26-29-7-5-4-6-8-29/h4-18,23,27,35H,19-22,24-26H2,1-3H3,(H,40,42)/t39-/m1/s1. The van der Waals surface area contributed by atoms with Gasteiger partial charge in [0, 0.05) is 31.5 Å². The number of amides is 2. The first kappa shape index (κ1) is 33.3. The first-order valence-electron chi connectivity index (χ1n) is 16.5. The number of rotatable bonds is 9. The number of nitrogens with zero attached hydrogens (tertiary/aromatic N) is 1. The summed E-state index contributed by atoms with van der Waals surface area (Å²) in [6, 6.07) is 31.2. The van der Waals surface area contributed by atoms with Crippen molar-refractivity contribution in [3.05, 3.63) is 125 Å². The van der Waals surface area contributed by atoms with Crippen LogP contribution in [-0.2, 0) is 34.2 Å². The van der Waals surface area contributed by atoms with Crippen molar-refractivity contribution in [2.75, 3.05) is 13.1 Å². The number of piperidine rings is 1. The number of nitrogens with one attached hydrogen (secondary N) is 1. The van der Waals surface area contributed by atoms with Crippen LogP contribution in [0.3, 0.4) is 0 Å². The number of hydrogen-bond acceptors (Lipinski definition) is 6. The van der Waals surface area contributed by atoms with E-state index in [1.54, 1.807) is 12.1 Å². The molecule has 4 aromatic carbocycles. The van der Waals surface area contributed by atoms with Gasteiger partial charge in [-0.3, -0.25) is 4.79 Å². The fraction of sp³-hybridized carbons (Fsp3) is 0.333. The number of fused-ring (bicyclic) bond motifs is 1. The maximum Gasteiger partial charge on any atom is 0.410 e. The van der Waals surface area contributed by atoms with E-state index in [0.29, 0.717) is 5.92 Å². The number of hydrogen-bond donors (Lipinski definition) is 1. The third-order valence-corrected chi connectivity index (χ3v) is 11.1. The fourth-order valence-corrected chi connectivity index (χ4v) is 7.87. The second kappa shape index (κ2) is 13.8. The molecule has 250 valence electrons. The minimum atomic E-state index is -3.94. The van der Waals surface area contributed by atoms with Gasteiger partial charge in [0.2, 0.25) is 10.0 Å². The van der Waals surface area contributed by atoms with Crippen molar-refractivity contribution in [2.45, 2.75) is 69.8 Å². The van der Waals surface area contributed by atoms with E-state index in [9.17, 15) is 18.0 Å². The molecule has 1 saturated heterocycles. The Bertz CT molecular complexity index is 1870. The Labute approximate surface area is 283 Å². The van der Waals surface area contributed by atoms with Gasteiger partial charge in [0.15, 0.2) is 0 Å². The predicted octanol–water partition coefficient (Wildman–Crippen LogP) is 7.27. The average Bonchev–Trinajstić information content (AvgIpc) is 3.42. The van der Waals surface area contributed by atoms with E-state index in [0.717, 1.165) is 40.8 Å². The Balaban J connectivity index is 1.02. The van der Waals surface area contributed by atoms with E-state index in [1.165, 1.54) is 16.0 Å². The molecule has 2 aliphatic rings. The van der Waals surface area contributed by atoms with Gasteiger partial charge in [-0.2, -0.15) is 0 Å². The van der Waals surface area contributed by atoms with Gasteiger partial charge < -0.3 is 14.4 Å². The van der Waals surface area contributed by atoms with Gasteiger partial charge in [0.25, 0.3) is 5.91 Å². The van der Waals surface area contributed by atoms with E-state index in [2.05, 4.69) is 55.8 Å². The van der Waals surface area contributed by atoms with Gasteiger partial charge >= 0.3 is 6.09 Å². The van der Waals surface area contributed by atoms with E-state index in [4.69, 9.17) is 9.47 Å². The van der Waals surface area contributed by atoms with Gasteiger partial charge in [-0.25, -0.2) is 17.9 Å². The number of carbonyl (C=O) groups excluding carboxylic acids is 2. The van der Waals surface area contributed by atoms with Crippen molar-refractivity contribution in [1.82, 2.24) is 9.62 Å². The van der Waals surface area contributed by atoms with Crippen molar-refractivity contribution in [2.24, 2.45) is 0 Å². The van der Waals surface area contributed by atoms with Gasteiger partial charge in [-0.15, -0.1) is 0 Å². The van der Waals surface area contributed by atoms with Crippen LogP contribution in [-0.4, -0.2) is 49.3 Å². The predicted molar refractivity (Wildman–Crippen MR) is 186 cm³/mol. The van der Waals surface area contributed by atoms with E-state index in [-0.39, 0.29) is 43.7 Å². The number of likely N-dealkylation sites (tertiary alicyclic amines) is 1. The molecular weight excluding hydrogens is 625 g/mol. The summed E-state index contributed by atoms with van der Waals surface area (Å²) >= 11 is 0. The molecule has 9 heteroatoms. The fourth-order valence-electron chi connectivity index (χ4n) is 6.50. The highest BCUT2D eigenvalue weighted by molar-refractivity contribution is 7.90. The lowest BCUT2D eigenvalue weighted by atomic mass is 9.90. The molecule has 0 unspecified atom stereocenters. The lowest BCUT2D eigenvalue weighted by Gasteiger charge is -2.31. The van der Waals surface area contributed by atoms with Crippen LogP contribution in [0, 0.1) is 0 Å². The molecule has 0 saturated carbocycles. The van der Waals surface area contributed by atoms with Gasteiger partial charge in [0.05, 0.1) is 5.25 Å². The zero-order valence-electron chi connectivity index (χ0n) is 27.6. The lowest BCUT2D eigenvalue weighted by Crippen LogP contribution is -2.46. The van der Waals surface area contributed by atoms with Crippen LogP contribution in [0.1, 0.15) is 72.1 Å². The summed E-state index contributed by atoms with van der Waals surface area (Å²) < 4.78 is 40.2. The molecule has 8 nitrogen and oxygen atoms in total. The molecule has 0 spiro atoms. The highest BCUT2D eigenvalue weighted by Crippen LogP contribution is 2.39. The Morgan fingerprint density at radius 1 is 0.896 bits per heavy atom. The average molecular weight is 667 g/mol. The largest absolute Gasteiger partial charge is 0.487 e. The smallest absolute Gasteiger partial charge is 0.410 e. The highest BCUT2D eigenvalue weighted by Gasteiger charge is 2.36. The third kappa shape index (κ3) is 7.73. The number of ether oxygens (including phenoxy) is 2. The number of benzene rings is 4. The minimum Gasteiger partial charge on any atom is -0.487 e. The molecular formula is C39H42N2O6S. The van der Waals surface area contributed by atoms with Crippen LogP contribution in [0.25, 0.3) is 11.1 Å². The van der Waals surface area contributed by atoms with Crippen LogP contribution in [0.15, 0.2) is 97.1 Å². The summed E-state index contributed by atoms with van der Waals surface area (Å²) in [5.74, 6) is 0.707. The molecule has 0 aromatic heterocycles. The monoisotopic (exact) mass is 666 g/mol. The van der Waals surface area contributed by atoms with Gasteiger partial charge in [0.1, 0.15) is 18.0 Å². The normalized spacial score (nSPS) is 17.9. The second-order valence-corrected chi connectivity index (χ2v) is 15.4. The van der Waals surface area contributed by atoms with Crippen LogP contribution in [0.4, 0.5) is 4.79 Å². The lowest BCUT2D eigenvalue weighted by molar-refractivity contribution is 0.0892. The zero-order chi connectivity index (χ0) is 33.9. The summed E-state index contributed by atoms with van der Waals surface area (Å²) in [6.07, 6.45) is 1.55. The second-order valence-electron chi connectivity index (χ2n) is 13.4. The van der Waals surface area contributed by atoms with Crippen LogP contribution >= 0.6 is 0 Å². The summed E-state index contributed by atoms with van der Waals surface area (Å²) in [4.78, 5) is 27.0. The van der Waals surface area contributed by atoms with Crippen molar-refractivity contribution in [3.63, 3.8) is 0 Å². The van der Waals surface area contributed by atoms with Gasteiger partial charge in [-0.05, 0) is 83.3 Å². The molecule has 2 heterocycles. The first-order valence-corrected chi connectivity index (χ1v) is 18.1. The van der Waals surface area contributed by atoms with Crippen molar-refractivity contribution >= 4 is 22.0 Å². The zero-order valence-corrected chi connectivity index (χ0v) is 28.5. The molecule has 2 aliphatic heterocycles. The van der Waals surface area contributed by atoms with Crippen molar-refractivity contribution in [3.8, 4) is 16.9 Å². The molecule has 2 amide bonds. The molecule has 1 atom stereocenters. The first-order chi connectivity index (χ1) is 23.0. The van der Waals surface area contributed by atoms with Crippen LogP contribution < -0.4 is 9.46 Å². The molecule has 0 aliphatic carbocycles. The van der Waals surface area contributed by atoms with E-state index >= 15 is 0 Å². The molecule has 0 bridgehead atoms. The number of sulfonamides is 1. The maximum atomic E-state index is 13.1. The topological polar surface area (TPSA) is 102 Å². The molecule has 1 N–H and O–H groups in total. The summed E-state index contributed by atoms with van der Waals surface area (Å²) in [6.45, 7) is 7.16. The number of carbonyl (C=O) groups is 2. The van der Waals surface area contributed by atoms with Crippen LogP contribution in [0.5, 0.6) is 5.75 Å². The quantitative estimate of drug-likeness (QED) is 0.202. The minimum absolute atomic E-state index is 0.154. The molecule has 1 fully saturated rings. The Hall–Kier alpha value is -4.63. The van der Waals surface area contributed by atoms with Gasteiger partial charge in [-0.1, -0.05) is 86.6 Å². The highest BCUT2D eigenvalue weighted by atomic mass is 32.2. The molecule has 48 heavy (non-hydrogen) atoms. The maximum absolute atomic E-state index is 13.1. The molecule has 4 aromatic rings.